The fourth-order valence-electron chi connectivity index (χ4n) is 4.01. The summed E-state index contributed by atoms with van der Waals surface area (Å²) < 4.78 is 8.48. The van der Waals surface area contributed by atoms with Gasteiger partial charge < -0.3 is 9.30 Å². The number of para-hydroxylation sites is 1. The van der Waals surface area contributed by atoms with E-state index in [2.05, 4.69) is 40.0 Å². The minimum absolute atomic E-state index is 0.0339. The standard InChI is InChI=1S/C28H27BrN2O2/c1-3-21(4-2)24-14-15-31(17-23-16-22-12-8-9-13-26(22)30-27(23)29)28(32)25(24)19-33-18-20-10-6-5-7-11-20/h3,5-16H,4,17-19H2,1-2H3/b21-3-. The number of hydrogen-bond donors (Lipinski definition) is 0. The van der Waals surface area contributed by atoms with Crippen molar-refractivity contribution in [1.29, 1.82) is 0 Å². The third-order valence-corrected chi connectivity index (χ3v) is 6.48. The van der Waals surface area contributed by atoms with Crippen LogP contribution in [0.1, 0.15) is 42.5 Å². The maximum Gasteiger partial charge on any atom is 0.257 e. The summed E-state index contributed by atoms with van der Waals surface area (Å²) in [5.74, 6) is 0. The number of fused-ring (bicyclic) bond motifs is 1. The Morgan fingerprint density at radius 3 is 2.58 bits per heavy atom. The van der Waals surface area contributed by atoms with Gasteiger partial charge in [-0.1, -0.05) is 61.5 Å². The molecule has 0 saturated heterocycles. The summed E-state index contributed by atoms with van der Waals surface area (Å²) in [7, 11) is 0. The summed E-state index contributed by atoms with van der Waals surface area (Å²) in [5, 5.41) is 1.05. The van der Waals surface area contributed by atoms with E-state index in [-0.39, 0.29) is 12.2 Å². The Kier molecular flexibility index (Phi) is 7.53. The summed E-state index contributed by atoms with van der Waals surface area (Å²) in [4.78, 5) is 18.2. The van der Waals surface area contributed by atoms with Gasteiger partial charge >= 0.3 is 0 Å². The predicted molar refractivity (Wildman–Crippen MR) is 138 cm³/mol. The highest BCUT2D eigenvalue weighted by Gasteiger charge is 2.15. The van der Waals surface area contributed by atoms with Crippen molar-refractivity contribution in [2.45, 2.75) is 40.0 Å². The molecule has 4 aromatic rings. The minimum atomic E-state index is -0.0339. The molecule has 0 amide bonds. The summed E-state index contributed by atoms with van der Waals surface area (Å²) in [5.41, 5.74) is 5.73. The normalized spacial score (nSPS) is 11.8. The van der Waals surface area contributed by atoms with Crippen molar-refractivity contribution in [2.75, 3.05) is 0 Å². The second-order valence-electron chi connectivity index (χ2n) is 7.92. The van der Waals surface area contributed by atoms with Crippen molar-refractivity contribution in [3.8, 4) is 0 Å². The Balaban J connectivity index is 1.67. The quantitative estimate of drug-likeness (QED) is 0.250. The number of allylic oxidation sites excluding steroid dienone is 2. The van der Waals surface area contributed by atoms with E-state index in [0.717, 1.165) is 44.2 Å². The maximum absolute atomic E-state index is 13.6. The Morgan fingerprint density at radius 1 is 1.06 bits per heavy atom. The summed E-state index contributed by atoms with van der Waals surface area (Å²) in [6.07, 6.45) is 4.80. The van der Waals surface area contributed by atoms with Crippen LogP contribution in [0.4, 0.5) is 0 Å². The lowest BCUT2D eigenvalue weighted by Crippen LogP contribution is -2.26. The molecule has 2 aromatic carbocycles. The van der Waals surface area contributed by atoms with Crippen LogP contribution in [0, 0.1) is 0 Å². The fraction of sp³-hybridized carbons (Fsp3) is 0.214. The van der Waals surface area contributed by atoms with Gasteiger partial charge in [0.15, 0.2) is 0 Å². The highest BCUT2D eigenvalue weighted by Crippen LogP contribution is 2.24. The zero-order valence-corrected chi connectivity index (χ0v) is 20.5. The number of rotatable bonds is 8. The van der Waals surface area contributed by atoms with E-state index in [4.69, 9.17) is 4.74 Å². The highest BCUT2D eigenvalue weighted by atomic mass is 79.9. The molecule has 0 N–H and O–H groups in total. The first-order valence-corrected chi connectivity index (χ1v) is 11.9. The highest BCUT2D eigenvalue weighted by molar-refractivity contribution is 9.10. The number of ether oxygens (including phenoxy) is 1. The third-order valence-electron chi connectivity index (χ3n) is 5.79. The van der Waals surface area contributed by atoms with Gasteiger partial charge in [-0.3, -0.25) is 4.79 Å². The lowest BCUT2D eigenvalue weighted by atomic mass is 9.99. The zero-order valence-electron chi connectivity index (χ0n) is 18.9. The Morgan fingerprint density at radius 2 is 1.82 bits per heavy atom. The molecule has 0 spiro atoms. The topological polar surface area (TPSA) is 44.1 Å². The van der Waals surface area contributed by atoms with Crippen LogP contribution in [0.5, 0.6) is 0 Å². The molecule has 0 atom stereocenters. The monoisotopic (exact) mass is 502 g/mol. The molecule has 0 bridgehead atoms. The van der Waals surface area contributed by atoms with Gasteiger partial charge in [0.25, 0.3) is 5.56 Å². The molecule has 0 aliphatic rings. The van der Waals surface area contributed by atoms with Crippen LogP contribution in [-0.2, 0) is 24.5 Å². The number of halogens is 1. The van der Waals surface area contributed by atoms with Crippen LogP contribution in [0.15, 0.2) is 88.4 Å². The van der Waals surface area contributed by atoms with Gasteiger partial charge in [0.1, 0.15) is 4.60 Å². The van der Waals surface area contributed by atoms with Crippen molar-refractivity contribution in [3.05, 3.63) is 116 Å². The Hall–Kier alpha value is -3.02. The Bertz CT molecular complexity index is 1340. The molecule has 2 heterocycles. The van der Waals surface area contributed by atoms with Gasteiger partial charge in [-0.05, 0) is 64.2 Å². The average molecular weight is 503 g/mol. The first-order valence-electron chi connectivity index (χ1n) is 11.1. The maximum atomic E-state index is 13.6. The van der Waals surface area contributed by atoms with Crippen LogP contribution in [0.3, 0.4) is 0 Å². The fourth-order valence-corrected chi connectivity index (χ4v) is 4.44. The molecular weight excluding hydrogens is 476 g/mol. The largest absolute Gasteiger partial charge is 0.372 e. The van der Waals surface area contributed by atoms with Gasteiger partial charge in [-0.2, -0.15) is 0 Å². The predicted octanol–water partition coefficient (Wildman–Crippen LogP) is 6.74. The van der Waals surface area contributed by atoms with E-state index in [9.17, 15) is 4.79 Å². The second kappa shape index (κ2) is 10.7. The molecule has 33 heavy (non-hydrogen) atoms. The van der Waals surface area contributed by atoms with Crippen LogP contribution in [-0.4, -0.2) is 9.55 Å². The molecule has 0 aliphatic carbocycles. The van der Waals surface area contributed by atoms with Gasteiger partial charge in [0.2, 0.25) is 0 Å². The van der Waals surface area contributed by atoms with Gasteiger partial charge in [0.05, 0.1) is 30.8 Å². The van der Waals surface area contributed by atoms with Crippen molar-refractivity contribution in [1.82, 2.24) is 9.55 Å². The molecule has 0 saturated carbocycles. The van der Waals surface area contributed by atoms with Gasteiger partial charge in [-0.25, -0.2) is 4.98 Å². The lowest BCUT2D eigenvalue weighted by molar-refractivity contribution is 0.106. The number of benzene rings is 2. The van der Waals surface area contributed by atoms with E-state index in [1.165, 1.54) is 0 Å². The van der Waals surface area contributed by atoms with Gasteiger partial charge in [-0.15, -0.1) is 0 Å². The number of hydrogen-bond acceptors (Lipinski definition) is 3. The molecule has 0 radical (unpaired) electrons. The Labute approximate surface area is 202 Å². The van der Waals surface area contributed by atoms with Crippen LogP contribution >= 0.6 is 15.9 Å². The van der Waals surface area contributed by atoms with E-state index in [1.807, 2.05) is 73.8 Å². The summed E-state index contributed by atoms with van der Waals surface area (Å²) in [6.45, 7) is 5.27. The van der Waals surface area contributed by atoms with E-state index >= 15 is 0 Å². The van der Waals surface area contributed by atoms with E-state index in [0.29, 0.717) is 18.7 Å². The third kappa shape index (κ3) is 5.32. The summed E-state index contributed by atoms with van der Waals surface area (Å²) in [6, 6.07) is 22.1. The number of pyridine rings is 2. The number of aromatic nitrogens is 2. The second-order valence-corrected chi connectivity index (χ2v) is 8.67. The molecule has 0 fully saturated rings. The molecule has 4 nitrogen and oxygen atoms in total. The molecular formula is C28H27BrN2O2. The van der Waals surface area contributed by atoms with Crippen molar-refractivity contribution in [2.24, 2.45) is 0 Å². The van der Waals surface area contributed by atoms with Crippen LogP contribution in [0.2, 0.25) is 0 Å². The number of nitrogens with zero attached hydrogens (tertiary/aromatic N) is 2. The van der Waals surface area contributed by atoms with Gasteiger partial charge in [0, 0.05) is 17.1 Å². The molecule has 2 aromatic heterocycles. The molecule has 5 heteroatoms. The molecule has 0 unspecified atom stereocenters. The first kappa shape index (κ1) is 23.1. The van der Waals surface area contributed by atoms with Crippen LogP contribution < -0.4 is 5.56 Å². The molecule has 0 aliphatic heterocycles. The lowest BCUT2D eigenvalue weighted by Gasteiger charge is -2.16. The first-order chi connectivity index (χ1) is 16.1. The SMILES string of the molecule is C/C=C(/CC)c1ccn(Cc2cc3ccccc3nc2Br)c(=O)c1COCc1ccccc1. The smallest absolute Gasteiger partial charge is 0.257 e. The van der Waals surface area contributed by atoms with E-state index < -0.39 is 0 Å². The minimum Gasteiger partial charge on any atom is -0.372 e. The van der Waals surface area contributed by atoms with E-state index in [1.54, 1.807) is 4.57 Å². The van der Waals surface area contributed by atoms with Crippen molar-refractivity contribution in [3.63, 3.8) is 0 Å². The zero-order chi connectivity index (χ0) is 23.2. The molecule has 168 valence electrons. The van der Waals surface area contributed by atoms with Crippen molar-refractivity contribution >= 4 is 32.4 Å². The van der Waals surface area contributed by atoms with Crippen molar-refractivity contribution < 1.29 is 4.74 Å². The molecule has 4 rings (SSSR count). The summed E-state index contributed by atoms with van der Waals surface area (Å²) >= 11 is 3.59. The average Bonchev–Trinajstić information content (AvgIpc) is 2.84. The van der Waals surface area contributed by atoms with Crippen LogP contribution in [0.25, 0.3) is 16.5 Å².